The SMILES string of the molecule is N=C1CN=C2N(N)C=CN2C1. The average Bonchev–Trinajstić information content (AvgIpc) is 2.32. The Hall–Kier alpha value is -1.36. The number of nitrogens with one attached hydrogen (secondary N) is 1. The van der Waals surface area contributed by atoms with Crippen molar-refractivity contribution < 1.29 is 0 Å². The summed E-state index contributed by atoms with van der Waals surface area (Å²) in [5, 5.41) is 8.83. The van der Waals surface area contributed by atoms with E-state index >= 15 is 0 Å². The molecule has 58 valence electrons. The molecule has 11 heavy (non-hydrogen) atoms. The van der Waals surface area contributed by atoms with E-state index in [4.69, 9.17) is 11.3 Å². The molecule has 0 bridgehead atoms. The van der Waals surface area contributed by atoms with E-state index < -0.39 is 0 Å². The van der Waals surface area contributed by atoms with Crippen molar-refractivity contribution in [3.63, 3.8) is 0 Å². The van der Waals surface area contributed by atoms with Gasteiger partial charge < -0.3 is 10.3 Å². The van der Waals surface area contributed by atoms with Crippen LogP contribution in [0.15, 0.2) is 17.4 Å². The minimum atomic E-state index is 0.473. The van der Waals surface area contributed by atoms with Gasteiger partial charge >= 0.3 is 0 Å². The van der Waals surface area contributed by atoms with Gasteiger partial charge in [0.1, 0.15) is 0 Å². The van der Waals surface area contributed by atoms with Crippen molar-refractivity contribution in [3.05, 3.63) is 12.4 Å². The summed E-state index contributed by atoms with van der Waals surface area (Å²) in [7, 11) is 0. The predicted octanol–water partition coefficient (Wildman–Crippen LogP) is -0.662. The Morgan fingerprint density at radius 1 is 1.55 bits per heavy atom. The number of rotatable bonds is 0. The van der Waals surface area contributed by atoms with Crippen LogP contribution in [0.3, 0.4) is 0 Å². The van der Waals surface area contributed by atoms with Crippen LogP contribution in [-0.4, -0.2) is 34.7 Å². The Labute approximate surface area is 64.3 Å². The lowest BCUT2D eigenvalue weighted by atomic mass is 10.3. The smallest absolute Gasteiger partial charge is 0.220 e. The molecule has 0 aliphatic carbocycles. The fourth-order valence-electron chi connectivity index (χ4n) is 1.15. The molecule has 0 atom stereocenters. The minimum absolute atomic E-state index is 0.473. The molecule has 2 aliphatic rings. The molecular formula is C6H9N5. The highest BCUT2D eigenvalue weighted by molar-refractivity contribution is 5.96. The minimum Gasteiger partial charge on any atom is -0.311 e. The maximum absolute atomic E-state index is 7.36. The maximum Gasteiger partial charge on any atom is 0.220 e. The van der Waals surface area contributed by atoms with Gasteiger partial charge in [0, 0.05) is 12.4 Å². The van der Waals surface area contributed by atoms with Gasteiger partial charge in [-0.05, 0) is 0 Å². The molecule has 5 nitrogen and oxygen atoms in total. The molecular weight excluding hydrogens is 142 g/mol. The lowest BCUT2D eigenvalue weighted by molar-refractivity contribution is 0.523. The maximum atomic E-state index is 7.36. The topological polar surface area (TPSA) is 68.7 Å². The van der Waals surface area contributed by atoms with Gasteiger partial charge in [-0.2, -0.15) is 0 Å². The van der Waals surface area contributed by atoms with Gasteiger partial charge in [-0.15, -0.1) is 0 Å². The monoisotopic (exact) mass is 151 g/mol. The summed E-state index contributed by atoms with van der Waals surface area (Å²) >= 11 is 0. The highest BCUT2D eigenvalue weighted by atomic mass is 15.5. The second-order valence-electron chi connectivity index (χ2n) is 2.55. The van der Waals surface area contributed by atoms with E-state index in [1.54, 1.807) is 6.20 Å². The number of nitrogens with two attached hydrogens (primary N) is 1. The molecule has 0 aromatic heterocycles. The van der Waals surface area contributed by atoms with Crippen LogP contribution in [0.5, 0.6) is 0 Å². The van der Waals surface area contributed by atoms with E-state index in [2.05, 4.69) is 4.99 Å². The molecule has 0 spiro atoms. The molecule has 0 saturated carbocycles. The molecule has 3 N–H and O–H groups in total. The van der Waals surface area contributed by atoms with E-state index in [0.29, 0.717) is 18.8 Å². The van der Waals surface area contributed by atoms with E-state index in [-0.39, 0.29) is 0 Å². The lowest BCUT2D eigenvalue weighted by Gasteiger charge is -2.23. The zero-order valence-corrected chi connectivity index (χ0v) is 5.99. The van der Waals surface area contributed by atoms with Crippen LogP contribution in [0.25, 0.3) is 0 Å². The molecule has 0 amide bonds. The Kier molecular flexibility index (Phi) is 1.19. The third kappa shape index (κ3) is 0.894. The second kappa shape index (κ2) is 2.06. The Morgan fingerprint density at radius 3 is 3.18 bits per heavy atom. The first kappa shape index (κ1) is 6.36. The first-order valence-electron chi connectivity index (χ1n) is 3.37. The molecule has 0 radical (unpaired) electrons. The number of aliphatic imine (C=N–C) groups is 1. The number of hydrogen-bond donors (Lipinski definition) is 2. The van der Waals surface area contributed by atoms with Crippen LogP contribution in [0, 0.1) is 5.41 Å². The number of nitrogens with zero attached hydrogens (tertiary/aromatic N) is 3. The average molecular weight is 151 g/mol. The summed E-state index contributed by atoms with van der Waals surface area (Å²) in [6.07, 6.45) is 3.56. The third-order valence-electron chi connectivity index (χ3n) is 1.67. The molecule has 0 unspecified atom stereocenters. The van der Waals surface area contributed by atoms with Gasteiger partial charge in [-0.3, -0.25) is 5.01 Å². The van der Waals surface area contributed by atoms with E-state index in [1.165, 1.54) is 5.01 Å². The normalized spacial score (nSPS) is 22.3. The van der Waals surface area contributed by atoms with Crippen LogP contribution in [-0.2, 0) is 0 Å². The number of guanidine groups is 1. The largest absolute Gasteiger partial charge is 0.311 e. The van der Waals surface area contributed by atoms with Gasteiger partial charge in [-0.1, -0.05) is 0 Å². The van der Waals surface area contributed by atoms with Crippen molar-refractivity contribution in [1.29, 1.82) is 5.41 Å². The molecule has 0 aromatic rings. The van der Waals surface area contributed by atoms with Crippen molar-refractivity contribution in [2.24, 2.45) is 10.8 Å². The fraction of sp³-hybridized carbons (Fsp3) is 0.333. The Balaban J connectivity index is 2.28. The number of hydrazine groups is 1. The highest BCUT2D eigenvalue weighted by Crippen LogP contribution is 2.09. The number of hydrogen-bond acceptors (Lipinski definition) is 5. The number of fused-ring (bicyclic) bond motifs is 1. The van der Waals surface area contributed by atoms with Crippen molar-refractivity contribution >= 4 is 11.7 Å². The first-order valence-corrected chi connectivity index (χ1v) is 3.37. The van der Waals surface area contributed by atoms with Crippen LogP contribution in [0.1, 0.15) is 0 Å². The Bertz CT molecular complexity index is 254. The predicted molar refractivity (Wildman–Crippen MR) is 41.9 cm³/mol. The summed E-state index contributed by atoms with van der Waals surface area (Å²) in [4.78, 5) is 5.96. The standard InChI is InChI=1S/C6H9N5/c7-5-3-9-6-10(4-5)1-2-11(6)8/h1-2,7H,3-4,8H2. The molecule has 2 aliphatic heterocycles. The molecule has 2 heterocycles. The fourth-order valence-corrected chi connectivity index (χ4v) is 1.15. The van der Waals surface area contributed by atoms with Crippen LogP contribution < -0.4 is 5.84 Å². The molecule has 5 heteroatoms. The van der Waals surface area contributed by atoms with Gasteiger partial charge in [0.05, 0.1) is 18.8 Å². The van der Waals surface area contributed by atoms with Gasteiger partial charge in [0.25, 0.3) is 0 Å². The molecule has 0 fully saturated rings. The van der Waals surface area contributed by atoms with Crippen molar-refractivity contribution in [3.8, 4) is 0 Å². The van der Waals surface area contributed by atoms with Gasteiger partial charge in [0.2, 0.25) is 5.96 Å². The van der Waals surface area contributed by atoms with E-state index in [1.807, 2.05) is 11.1 Å². The molecule has 2 rings (SSSR count). The summed E-state index contributed by atoms with van der Waals surface area (Å²) < 4.78 is 0. The Morgan fingerprint density at radius 2 is 2.36 bits per heavy atom. The highest BCUT2D eigenvalue weighted by Gasteiger charge is 2.23. The van der Waals surface area contributed by atoms with Crippen molar-refractivity contribution in [2.75, 3.05) is 13.1 Å². The third-order valence-corrected chi connectivity index (χ3v) is 1.67. The van der Waals surface area contributed by atoms with Crippen molar-refractivity contribution in [2.45, 2.75) is 0 Å². The zero-order chi connectivity index (χ0) is 7.84. The summed E-state index contributed by atoms with van der Waals surface area (Å²) in [6.45, 7) is 1.09. The molecule has 0 aromatic carbocycles. The molecule has 0 saturated heterocycles. The van der Waals surface area contributed by atoms with Crippen molar-refractivity contribution in [1.82, 2.24) is 9.91 Å². The second-order valence-corrected chi connectivity index (χ2v) is 2.55. The van der Waals surface area contributed by atoms with E-state index in [9.17, 15) is 0 Å². The van der Waals surface area contributed by atoms with Gasteiger partial charge in [0.15, 0.2) is 0 Å². The summed E-state index contributed by atoms with van der Waals surface area (Å²) in [5.41, 5.74) is 0.619. The quantitative estimate of drug-likeness (QED) is 0.451. The van der Waals surface area contributed by atoms with Crippen LogP contribution >= 0.6 is 0 Å². The zero-order valence-electron chi connectivity index (χ0n) is 5.99. The summed E-state index contributed by atoms with van der Waals surface area (Å²) in [5.74, 6) is 6.28. The van der Waals surface area contributed by atoms with E-state index in [0.717, 1.165) is 5.96 Å². The van der Waals surface area contributed by atoms with Gasteiger partial charge in [-0.25, -0.2) is 10.8 Å². The summed E-state index contributed by atoms with van der Waals surface area (Å²) in [6, 6.07) is 0. The van der Waals surface area contributed by atoms with Crippen LogP contribution in [0.2, 0.25) is 0 Å². The van der Waals surface area contributed by atoms with Crippen LogP contribution in [0.4, 0.5) is 0 Å². The lowest BCUT2D eigenvalue weighted by Crippen LogP contribution is -2.43. The first-order chi connectivity index (χ1) is 5.27.